The van der Waals surface area contributed by atoms with Gasteiger partial charge in [-0.2, -0.15) is 5.06 Å². The minimum Gasteiger partial charge on any atom is -0.447 e. The Labute approximate surface area is 179 Å². The van der Waals surface area contributed by atoms with E-state index < -0.39 is 12.1 Å². The van der Waals surface area contributed by atoms with E-state index in [1.54, 1.807) is 0 Å². The van der Waals surface area contributed by atoms with Gasteiger partial charge in [0.25, 0.3) is 0 Å². The molecule has 1 aliphatic carbocycles. The quantitative estimate of drug-likeness (QED) is 0.293. The van der Waals surface area contributed by atoms with Crippen molar-refractivity contribution < 1.29 is 19.2 Å². The van der Waals surface area contributed by atoms with Crippen LogP contribution in [0.25, 0.3) is 11.1 Å². The Bertz CT molecular complexity index is 795. The highest BCUT2D eigenvalue weighted by Gasteiger charge is 2.33. The highest BCUT2D eigenvalue weighted by Crippen LogP contribution is 2.44. The summed E-state index contributed by atoms with van der Waals surface area (Å²) in [5.41, 5.74) is 4.60. The van der Waals surface area contributed by atoms with E-state index in [2.05, 4.69) is 24.3 Å². The number of hydrogen-bond acceptors (Lipinski definition) is 4. The number of benzene rings is 2. The first-order valence-electron chi connectivity index (χ1n) is 9.33. The van der Waals surface area contributed by atoms with E-state index in [-0.39, 0.29) is 23.1 Å². The molecule has 0 aliphatic heterocycles. The van der Waals surface area contributed by atoms with E-state index in [1.807, 2.05) is 67.0 Å². The fourth-order valence-corrected chi connectivity index (χ4v) is 3.88. The molecule has 2 aromatic rings. The van der Waals surface area contributed by atoms with E-state index in [0.29, 0.717) is 0 Å². The number of hydrogen-bond donors (Lipinski definition) is 0. The maximum Gasteiger partial charge on any atom is 0.434 e. The molecule has 0 saturated carbocycles. The number of alkyl halides is 1. The Balaban J connectivity index is 1.79. The van der Waals surface area contributed by atoms with Crippen molar-refractivity contribution in [3.05, 3.63) is 59.7 Å². The summed E-state index contributed by atoms with van der Waals surface area (Å²) in [6.45, 7) is 4.02. The van der Waals surface area contributed by atoms with Gasteiger partial charge in [0.05, 0.1) is 0 Å². The molecule has 0 aromatic heterocycles. The van der Waals surface area contributed by atoms with Crippen LogP contribution < -0.4 is 0 Å². The Morgan fingerprint density at radius 1 is 1.14 bits per heavy atom. The molecule has 1 radical (unpaired) electrons. The second-order valence-corrected chi connectivity index (χ2v) is 7.44. The number of carbonyl (C=O) groups is 1. The second-order valence-electron chi connectivity index (χ2n) is 6.82. The van der Waals surface area contributed by atoms with Gasteiger partial charge >= 0.3 is 6.09 Å². The molecule has 0 fully saturated rings. The summed E-state index contributed by atoms with van der Waals surface area (Å²) in [6, 6.07) is 15.5. The van der Waals surface area contributed by atoms with Gasteiger partial charge in [-0.3, -0.25) is 9.63 Å². The van der Waals surface area contributed by atoms with Gasteiger partial charge in [-0.15, -0.1) is 0 Å². The lowest BCUT2D eigenvalue weighted by atomic mass is 9.98. The predicted octanol–water partition coefficient (Wildman–Crippen LogP) is 5.09. The summed E-state index contributed by atoms with van der Waals surface area (Å²) in [6.07, 6.45) is 1.98. The molecule has 0 bridgehead atoms. The fourth-order valence-electron chi connectivity index (χ4n) is 3.58. The number of nitrogens with zero attached hydrogens (tertiary/aromatic N) is 1. The van der Waals surface area contributed by atoms with Gasteiger partial charge in [0.1, 0.15) is 17.3 Å². The number of hydroxylamine groups is 2. The Kier molecular flexibility index (Phi) is 7.07. The Morgan fingerprint density at radius 3 is 2.21 bits per heavy atom. The standard InChI is InChI=1S/C22H23INO4/c1-3-15(2)21(12-25)24(28-14-23)22(26)27-13-20-18-10-6-4-8-16(18)17-9-5-7-11-19(17)20/h4-11,15,20-21H,3,13-14H2,1-2H3/t15-,21+/m0/s1. The first-order valence-corrected chi connectivity index (χ1v) is 10.9. The van der Waals surface area contributed by atoms with Crippen LogP contribution in [0.15, 0.2) is 48.5 Å². The molecule has 5 nitrogen and oxygen atoms in total. The molecule has 0 spiro atoms. The van der Waals surface area contributed by atoms with Crippen molar-refractivity contribution in [2.24, 2.45) is 5.92 Å². The number of ether oxygens (including phenoxy) is 1. The van der Waals surface area contributed by atoms with Crippen molar-refractivity contribution >= 4 is 35.0 Å². The lowest BCUT2D eigenvalue weighted by Gasteiger charge is -2.29. The van der Waals surface area contributed by atoms with Gasteiger partial charge in [0.15, 0.2) is 0 Å². The van der Waals surface area contributed by atoms with Gasteiger partial charge in [-0.25, -0.2) is 4.79 Å². The molecular formula is C22H23INO4. The number of amides is 1. The van der Waals surface area contributed by atoms with Gasteiger partial charge < -0.3 is 4.74 Å². The average Bonchev–Trinajstić information content (AvgIpc) is 3.05. The van der Waals surface area contributed by atoms with E-state index in [1.165, 1.54) is 11.1 Å². The summed E-state index contributed by atoms with van der Waals surface area (Å²) in [4.78, 5) is 29.6. The van der Waals surface area contributed by atoms with Gasteiger partial charge in [-0.1, -0.05) is 91.4 Å². The van der Waals surface area contributed by atoms with Crippen LogP contribution in [0, 0.1) is 5.92 Å². The van der Waals surface area contributed by atoms with Crippen molar-refractivity contribution in [3.63, 3.8) is 0 Å². The van der Waals surface area contributed by atoms with Gasteiger partial charge in [0.2, 0.25) is 6.29 Å². The zero-order chi connectivity index (χ0) is 20.1. The molecule has 0 saturated heterocycles. The number of carbonyl (C=O) groups excluding carboxylic acids is 2. The van der Waals surface area contributed by atoms with Crippen LogP contribution >= 0.6 is 22.6 Å². The average molecular weight is 492 g/mol. The SMILES string of the molecule is CC[C@H](C)[C@@H]([C]=O)N(OCI)C(=O)OCC1c2ccccc2-c2ccccc21. The molecule has 6 heteroatoms. The van der Waals surface area contributed by atoms with E-state index in [9.17, 15) is 9.59 Å². The van der Waals surface area contributed by atoms with Crippen molar-refractivity contribution in [1.82, 2.24) is 5.06 Å². The third kappa shape index (κ3) is 4.07. The molecule has 0 N–H and O–H groups in total. The van der Waals surface area contributed by atoms with Crippen LogP contribution in [0.5, 0.6) is 0 Å². The first-order chi connectivity index (χ1) is 13.6. The molecule has 1 aliphatic rings. The van der Waals surface area contributed by atoms with Crippen LogP contribution in [0.3, 0.4) is 0 Å². The van der Waals surface area contributed by atoms with Crippen molar-refractivity contribution in [1.29, 1.82) is 0 Å². The molecule has 0 unspecified atom stereocenters. The molecule has 2 atom stereocenters. The van der Waals surface area contributed by atoms with Crippen LogP contribution in [0.1, 0.15) is 37.3 Å². The molecule has 28 heavy (non-hydrogen) atoms. The molecule has 0 heterocycles. The lowest BCUT2D eigenvalue weighted by molar-refractivity contribution is -0.135. The minimum atomic E-state index is -0.796. The summed E-state index contributed by atoms with van der Waals surface area (Å²) in [5, 5.41) is 1.03. The minimum absolute atomic E-state index is 0.0416. The maximum absolute atomic E-state index is 12.7. The first kappa shape index (κ1) is 20.8. The van der Waals surface area contributed by atoms with Gasteiger partial charge in [0, 0.05) is 5.92 Å². The van der Waals surface area contributed by atoms with Crippen LogP contribution in [-0.2, 0) is 14.4 Å². The van der Waals surface area contributed by atoms with Crippen molar-refractivity contribution in [2.45, 2.75) is 32.2 Å². The predicted molar refractivity (Wildman–Crippen MR) is 116 cm³/mol. The Hall–Kier alpha value is -1.93. The van der Waals surface area contributed by atoms with Crippen molar-refractivity contribution in [2.75, 3.05) is 11.2 Å². The number of fused-ring (bicyclic) bond motifs is 3. The molecule has 147 valence electrons. The zero-order valence-electron chi connectivity index (χ0n) is 15.9. The third-order valence-electron chi connectivity index (χ3n) is 5.26. The van der Waals surface area contributed by atoms with Crippen LogP contribution in [-0.4, -0.2) is 34.7 Å². The third-order valence-corrected chi connectivity index (χ3v) is 5.54. The number of rotatable bonds is 8. The van der Waals surface area contributed by atoms with Crippen LogP contribution in [0.2, 0.25) is 0 Å². The summed E-state index contributed by atoms with van der Waals surface area (Å²) in [5.74, 6) is -0.124. The maximum atomic E-state index is 12.7. The van der Waals surface area contributed by atoms with E-state index in [0.717, 1.165) is 22.6 Å². The molecular weight excluding hydrogens is 469 g/mol. The normalized spacial score (nSPS) is 14.7. The molecule has 3 rings (SSSR count). The smallest absolute Gasteiger partial charge is 0.434 e. The van der Waals surface area contributed by atoms with Gasteiger partial charge in [-0.05, 0) is 28.2 Å². The monoisotopic (exact) mass is 492 g/mol. The summed E-state index contributed by atoms with van der Waals surface area (Å²) < 4.78 is 5.84. The van der Waals surface area contributed by atoms with E-state index >= 15 is 0 Å². The largest absolute Gasteiger partial charge is 0.447 e. The van der Waals surface area contributed by atoms with Crippen molar-refractivity contribution in [3.8, 4) is 11.1 Å². The molecule has 1 amide bonds. The van der Waals surface area contributed by atoms with Crippen LogP contribution in [0.4, 0.5) is 4.79 Å². The zero-order valence-corrected chi connectivity index (χ0v) is 18.1. The summed E-state index contributed by atoms with van der Waals surface area (Å²) >= 11 is 1.99. The Morgan fingerprint density at radius 2 is 1.71 bits per heavy atom. The highest BCUT2D eigenvalue weighted by atomic mass is 127. The lowest BCUT2D eigenvalue weighted by Crippen LogP contribution is -2.45. The van der Waals surface area contributed by atoms with E-state index in [4.69, 9.17) is 9.57 Å². The second kappa shape index (κ2) is 9.52. The topological polar surface area (TPSA) is 55.8 Å². The summed E-state index contributed by atoms with van der Waals surface area (Å²) in [7, 11) is 0. The highest BCUT2D eigenvalue weighted by molar-refractivity contribution is 14.1. The number of halogens is 1. The molecule has 2 aromatic carbocycles. The fraction of sp³-hybridized carbons (Fsp3) is 0.364.